The molecule has 34 heavy (non-hydrogen) atoms. The average molecular weight is 544 g/mol. The molecule has 1 saturated heterocycles. The van der Waals surface area contributed by atoms with E-state index in [1.165, 1.54) is 15.9 Å². The summed E-state index contributed by atoms with van der Waals surface area (Å²) in [5.41, 5.74) is 5.41. The van der Waals surface area contributed by atoms with Crippen molar-refractivity contribution >= 4 is 33.4 Å². The Morgan fingerprint density at radius 3 is 2.53 bits per heavy atom. The standard InChI is InChI=1S/C26H28BrClN4O2/c1-29-8-6-18(7-9-29)14-24(33)30-10-12-31(13-11-30)26-23-5-4-22(28)16-19(23)2-3-20-15-21(27)17-32(34)25(20)26/h4-9,15-17,26,34H,2-3,10-14H2,1H3/q+2/t26-/m0/s1. The molecule has 176 valence electrons. The Hall–Kier alpha value is -2.48. The van der Waals surface area contributed by atoms with Gasteiger partial charge in [-0.2, -0.15) is 0 Å². The van der Waals surface area contributed by atoms with Crippen LogP contribution in [-0.4, -0.2) is 47.1 Å². The largest absolute Gasteiger partial charge is 0.340 e. The molecule has 1 aliphatic carbocycles. The third kappa shape index (κ3) is 4.69. The van der Waals surface area contributed by atoms with Gasteiger partial charge in [-0.15, -0.1) is 0 Å². The zero-order chi connectivity index (χ0) is 23.8. The molecule has 8 heteroatoms. The maximum Gasteiger partial charge on any atom is 0.258 e. The minimum atomic E-state index is -0.103. The smallest absolute Gasteiger partial charge is 0.258 e. The van der Waals surface area contributed by atoms with Crippen LogP contribution >= 0.6 is 27.5 Å². The SMILES string of the molecule is C[n+]1ccc(CC(=O)N2CCN([C@H]3c4ccc(Cl)cc4CCc4cc(Br)c[n+](O)c43)CC2)cc1. The Kier molecular flexibility index (Phi) is 6.60. The summed E-state index contributed by atoms with van der Waals surface area (Å²) in [7, 11) is 1.97. The number of piperazine rings is 1. The molecule has 2 aliphatic rings. The van der Waals surface area contributed by atoms with Gasteiger partial charge in [-0.05, 0) is 63.7 Å². The fraction of sp³-hybridized carbons (Fsp3) is 0.346. The van der Waals surface area contributed by atoms with E-state index in [0.717, 1.165) is 52.2 Å². The minimum absolute atomic E-state index is 0.103. The van der Waals surface area contributed by atoms with Crippen molar-refractivity contribution in [2.24, 2.45) is 7.05 Å². The lowest BCUT2D eigenvalue weighted by Crippen LogP contribution is -2.52. The number of hydrogen-bond donors (Lipinski definition) is 1. The minimum Gasteiger partial charge on any atom is -0.340 e. The molecule has 1 fully saturated rings. The Morgan fingerprint density at radius 1 is 1.09 bits per heavy atom. The van der Waals surface area contributed by atoms with Gasteiger partial charge in [-0.3, -0.25) is 14.9 Å². The monoisotopic (exact) mass is 542 g/mol. The summed E-state index contributed by atoms with van der Waals surface area (Å²) < 4.78 is 4.08. The van der Waals surface area contributed by atoms with Crippen molar-refractivity contribution in [2.75, 3.05) is 26.2 Å². The second kappa shape index (κ2) is 9.64. The Bertz CT molecular complexity index is 1230. The maximum absolute atomic E-state index is 13.0. The highest BCUT2D eigenvalue weighted by Gasteiger charge is 2.39. The molecule has 1 atom stereocenters. The summed E-state index contributed by atoms with van der Waals surface area (Å²) in [6.45, 7) is 2.79. The molecule has 6 nitrogen and oxygen atoms in total. The van der Waals surface area contributed by atoms with E-state index in [0.29, 0.717) is 19.5 Å². The van der Waals surface area contributed by atoms with E-state index >= 15 is 0 Å². The summed E-state index contributed by atoms with van der Waals surface area (Å²) >= 11 is 9.86. The van der Waals surface area contributed by atoms with Gasteiger partial charge in [0.15, 0.2) is 12.4 Å². The van der Waals surface area contributed by atoms with E-state index in [2.05, 4.69) is 33.0 Å². The van der Waals surface area contributed by atoms with Gasteiger partial charge >= 0.3 is 0 Å². The van der Waals surface area contributed by atoms with E-state index in [1.54, 1.807) is 6.20 Å². The third-order valence-corrected chi connectivity index (χ3v) is 7.56. The number of carbonyl (C=O) groups is 1. The van der Waals surface area contributed by atoms with Gasteiger partial charge < -0.3 is 4.90 Å². The number of hydrogen-bond acceptors (Lipinski definition) is 3. The molecule has 0 unspecified atom stereocenters. The molecule has 1 amide bonds. The molecule has 1 N–H and O–H groups in total. The van der Waals surface area contributed by atoms with Gasteiger partial charge in [0.05, 0.1) is 10.9 Å². The van der Waals surface area contributed by atoms with Crippen LogP contribution in [0, 0.1) is 0 Å². The lowest BCUT2D eigenvalue weighted by molar-refractivity contribution is -0.911. The quantitative estimate of drug-likeness (QED) is 0.408. The summed E-state index contributed by atoms with van der Waals surface area (Å²) in [4.78, 5) is 17.3. The van der Waals surface area contributed by atoms with Gasteiger partial charge in [0.1, 0.15) is 13.1 Å². The molecule has 3 heterocycles. The maximum atomic E-state index is 13.0. The van der Waals surface area contributed by atoms with E-state index in [4.69, 9.17) is 11.6 Å². The molecule has 0 saturated carbocycles. The molecule has 0 radical (unpaired) electrons. The summed E-state index contributed by atoms with van der Waals surface area (Å²) in [6, 6.07) is 12.1. The van der Waals surface area contributed by atoms with E-state index in [9.17, 15) is 10.0 Å². The Morgan fingerprint density at radius 2 is 1.79 bits per heavy atom. The number of amides is 1. The lowest BCUT2D eigenvalue weighted by Gasteiger charge is -2.38. The van der Waals surface area contributed by atoms with Crippen molar-refractivity contribution in [2.45, 2.75) is 25.3 Å². The predicted octanol–water partition coefficient (Wildman–Crippen LogP) is 3.03. The first-order valence-corrected chi connectivity index (χ1v) is 12.7. The molecule has 3 aromatic rings. The summed E-state index contributed by atoms with van der Waals surface area (Å²) in [6.07, 6.45) is 7.74. The first-order valence-electron chi connectivity index (χ1n) is 11.6. The highest BCUT2D eigenvalue weighted by atomic mass is 79.9. The fourth-order valence-corrected chi connectivity index (χ4v) is 5.79. The Labute approximate surface area is 213 Å². The highest BCUT2D eigenvalue weighted by molar-refractivity contribution is 9.10. The van der Waals surface area contributed by atoms with Crippen LogP contribution in [0.2, 0.25) is 5.02 Å². The van der Waals surface area contributed by atoms with Crippen LogP contribution in [0.25, 0.3) is 0 Å². The highest BCUT2D eigenvalue weighted by Crippen LogP contribution is 2.37. The molecule has 5 rings (SSSR count). The molecule has 0 bridgehead atoms. The summed E-state index contributed by atoms with van der Waals surface area (Å²) in [5.74, 6) is 0.156. The van der Waals surface area contributed by atoms with Gasteiger partial charge in [-0.25, -0.2) is 4.57 Å². The van der Waals surface area contributed by atoms with Crippen molar-refractivity contribution < 1.29 is 19.3 Å². The average Bonchev–Trinajstić information content (AvgIpc) is 2.97. The van der Waals surface area contributed by atoms with Gasteiger partial charge in [0.2, 0.25) is 12.1 Å². The molecule has 1 aliphatic heterocycles. The first kappa shape index (κ1) is 23.3. The van der Waals surface area contributed by atoms with Crippen LogP contribution in [0.5, 0.6) is 0 Å². The number of carbonyl (C=O) groups excluding carboxylic acids is 1. The zero-order valence-corrected chi connectivity index (χ0v) is 21.5. The van der Waals surface area contributed by atoms with Crippen molar-refractivity contribution in [1.29, 1.82) is 0 Å². The predicted molar refractivity (Wildman–Crippen MR) is 132 cm³/mol. The number of aromatic nitrogens is 2. The third-order valence-electron chi connectivity index (χ3n) is 6.89. The number of pyridine rings is 2. The van der Waals surface area contributed by atoms with Crippen molar-refractivity contribution in [3.05, 3.63) is 92.4 Å². The normalized spacial score (nSPS) is 18.2. The van der Waals surface area contributed by atoms with Crippen LogP contribution in [0.3, 0.4) is 0 Å². The van der Waals surface area contributed by atoms with Gasteiger partial charge in [-0.1, -0.05) is 17.7 Å². The summed E-state index contributed by atoms with van der Waals surface area (Å²) in [5, 5.41) is 11.7. The van der Waals surface area contributed by atoms with Crippen molar-refractivity contribution in [3.8, 4) is 0 Å². The fourth-order valence-electron chi connectivity index (χ4n) is 5.12. The zero-order valence-electron chi connectivity index (χ0n) is 19.1. The molecule has 2 aromatic heterocycles. The topological polar surface area (TPSA) is 51.5 Å². The number of halogens is 2. The second-order valence-electron chi connectivity index (χ2n) is 9.12. The van der Waals surface area contributed by atoms with Gasteiger partial charge in [0.25, 0.3) is 5.69 Å². The molecule has 0 spiro atoms. The Balaban J connectivity index is 1.40. The molecular weight excluding hydrogens is 516 g/mol. The molecule has 1 aromatic carbocycles. The van der Waals surface area contributed by atoms with Crippen LogP contribution in [0.15, 0.2) is 59.5 Å². The van der Waals surface area contributed by atoms with Crippen molar-refractivity contribution in [3.63, 3.8) is 0 Å². The van der Waals surface area contributed by atoms with Crippen molar-refractivity contribution in [1.82, 2.24) is 9.80 Å². The van der Waals surface area contributed by atoms with Crippen LogP contribution in [0.1, 0.15) is 34.0 Å². The van der Waals surface area contributed by atoms with Crippen LogP contribution < -0.4 is 9.30 Å². The number of rotatable bonds is 3. The van der Waals surface area contributed by atoms with E-state index in [1.807, 2.05) is 53.2 Å². The molecular formula is C26H28BrClN4O2+2. The lowest BCUT2D eigenvalue weighted by atomic mass is 9.96. The number of fused-ring (bicyclic) bond motifs is 2. The van der Waals surface area contributed by atoms with E-state index in [-0.39, 0.29) is 11.9 Å². The van der Waals surface area contributed by atoms with Crippen LogP contribution in [-0.2, 0) is 31.1 Å². The number of aryl methyl sites for hydroxylation is 3. The second-order valence-corrected chi connectivity index (χ2v) is 10.5. The van der Waals surface area contributed by atoms with E-state index < -0.39 is 0 Å². The number of benzene rings is 1. The number of nitrogens with zero attached hydrogens (tertiary/aromatic N) is 4. The van der Waals surface area contributed by atoms with Gasteiger partial charge in [0, 0.05) is 53.6 Å². The first-order chi connectivity index (χ1) is 16.4. The van der Waals surface area contributed by atoms with Crippen LogP contribution in [0.4, 0.5) is 0 Å².